The maximum absolute atomic E-state index is 10.9. The molecule has 0 amide bonds. The third-order valence-electron chi connectivity index (χ3n) is 2.29. The molecule has 6 nitrogen and oxygen atoms in total. The van der Waals surface area contributed by atoms with Gasteiger partial charge in [-0.25, -0.2) is 9.59 Å². The number of nitrogens with two attached hydrogens (primary N) is 1. The van der Waals surface area contributed by atoms with E-state index < -0.39 is 0 Å². The lowest BCUT2D eigenvalue weighted by atomic mass is 10.2. The summed E-state index contributed by atoms with van der Waals surface area (Å²) in [5.74, 6) is -0.678. The van der Waals surface area contributed by atoms with Gasteiger partial charge in [0.05, 0.1) is 12.7 Å². The molecule has 0 rings (SSSR count). The van der Waals surface area contributed by atoms with Crippen LogP contribution in [0.25, 0.3) is 0 Å². The second kappa shape index (κ2) is 13.2. The molecule has 0 aliphatic carbocycles. The molecular weight excluding hydrogens is 272 g/mol. The molecule has 0 aliphatic rings. The predicted octanol–water partition coefficient (Wildman–Crippen LogP) is 1.86. The molecule has 0 saturated carbocycles. The predicted molar refractivity (Wildman–Crippen MR) is 83.2 cm³/mol. The van der Waals surface area contributed by atoms with Gasteiger partial charge in [0.15, 0.2) is 6.23 Å². The first-order valence-electron chi connectivity index (χ1n) is 6.92. The van der Waals surface area contributed by atoms with Crippen LogP contribution in [0.15, 0.2) is 23.9 Å². The van der Waals surface area contributed by atoms with Gasteiger partial charge >= 0.3 is 11.9 Å². The Morgan fingerprint density at radius 2 is 1.90 bits per heavy atom. The molecule has 1 atom stereocenters. The van der Waals surface area contributed by atoms with Gasteiger partial charge in [-0.3, -0.25) is 5.32 Å². The molecule has 0 aromatic heterocycles. The van der Waals surface area contributed by atoms with E-state index in [9.17, 15) is 9.59 Å². The third-order valence-corrected chi connectivity index (χ3v) is 2.29. The topological polar surface area (TPSA) is 90.6 Å². The van der Waals surface area contributed by atoms with Crippen molar-refractivity contribution in [1.29, 1.82) is 0 Å². The Morgan fingerprint density at radius 3 is 2.24 bits per heavy atom. The van der Waals surface area contributed by atoms with Gasteiger partial charge in [-0.2, -0.15) is 0 Å². The first-order valence-corrected chi connectivity index (χ1v) is 6.92. The molecule has 0 fully saturated rings. The summed E-state index contributed by atoms with van der Waals surface area (Å²) < 4.78 is 9.37. The van der Waals surface area contributed by atoms with Crippen molar-refractivity contribution in [2.45, 2.75) is 46.8 Å². The molecule has 21 heavy (non-hydrogen) atoms. The maximum Gasteiger partial charge on any atom is 0.335 e. The van der Waals surface area contributed by atoms with Crippen molar-refractivity contribution in [2.24, 2.45) is 5.73 Å². The fourth-order valence-electron chi connectivity index (χ4n) is 1.24. The summed E-state index contributed by atoms with van der Waals surface area (Å²) in [6, 6.07) is 0. The fourth-order valence-corrected chi connectivity index (χ4v) is 1.24. The third kappa shape index (κ3) is 11.7. The SMILES string of the molecule is C=C(C)C(=O)OC(C)NCC.CCCC(=CN)C(=O)OC. The van der Waals surface area contributed by atoms with Crippen molar-refractivity contribution in [3.8, 4) is 0 Å². The number of nitrogens with one attached hydrogen (secondary N) is 1. The average molecular weight is 300 g/mol. The fraction of sp³-hybridized carbons (Fsp3) is 0.600. The molecule has 0 heterocycles. The minimum Gasteiger partial charge on any atom is -0.466 e. The molecule has 0 spiro atoms. The minimum absolute atomic E-state index is 0.232. The van der Waals surface area contributed by atoms with Gasteiger partial charge in [-0.1, -0.05) is 26.8 Å². The number of esters is 2. The van der Waals surface area contributed by atoms with Crippen LogP contribution < -0.4 is 11.1 Å². The number of hydrogen-bond acceptors (Lipinski definition) is 6. The van der Waals surface area contributed by atoms with Crippen molar-refractivity contribution < 1.29 is 19.1 Å². The van der Waals surface area contributed by atoms with Crippen LogP contribution in [0.1, 0.15) is 40.5 Å². The first-order chi connectivity index (χ1) is 9.83. The summed E-state index contributed by atoms with van der Waals surface area (Å²) in [5.41, 5.74) is 6.14. The summed E-state index contributed by atoms with van der Waals surface area (Å²) in [5, 5.41) is 2.95. The molecule has 3 N–H and O–H groups in total. The zero-order valence-electron chi connectivity index (χ0n) is 13.7. The Hall–Kier alpha value is -1.82. The normalized spacial score (nSPS) is 11.8. The maximum atomic E-state index is 10.9. The Balaban J connectivity index is 0. The number of carbonyl (C=O) groups is 2. The summed E-state index contributed by atoms with van der Waals surface area (Å²) >= 11 is 0. The van der Waals surface area contributed by atoms with Crippen molar-refractivity contribution in [3.63, 3.8) is 0 Å². The molecule has 0 bridgehead atoms. The van der Waals surface area contributed by atoms with Gasteiger partial charge in [0, 0.05) is 11.8 Å². The quantitative estimate of drug-likeness (QED) is 0.424. The van der Waals surface area contributed by atoms with Gasteiger partial charge < -0.3 is 15.2 Å². The highest BCUT2D eigenvalue weighted by molar-refractivity contribution is 5.88. The van der Waals surface area contributed by atoms with Crippen LogP contribution in [0, 0.1) is 0 Å². The summed E-state index contributed by atoms with van der Waals surface area (Å²) in [7, 11) is 1.35. The van der Waals surface area contributed by atoms with E-state index in [4.69, 9.17) is 10.5 Å². The lowest BCUT2D eigenvalue weighted by Gasteiger charge is -2.12. The Labute approximate surface area is 127 Å². The number of methoxy groups -OCH3 is 1. The Kier molecular flexibility index (Phi) is 13.5. The first kappa shape index (κ1) is 21.5. The van der Waals surface area contributed by atoms with Crippen molar-refractivity contribution >= 4 is 11.9 Å². The van der Waals surface area contributed by atoms with Crippen LogP contribution >= 0.6 is 0 Å². The Morgan fingerprint density at radius 1 is 1.33 bits per heavy atom. The van der Waals surface area contributed by atoms with E-state index in [1.807, 2.05) is 13.8 Å². The zero-order chi connectivity index (χ0) is 16.8. The van der Waals surface area contributed by atoms with E-state index in [0.717, 1.165) is 13.0 Å². The Bertz CT molecular complexity index is 365. The summed E-state index contributed by atoms with van der Waals surface area (Å²) in [6.45, 7) is 11.6. The second-order valence-electron chi connectivity index (χ2n) is 4.32. The van der Waals surface area contributed by atoms with Crippen LogP contribution in [-0.2, 0) is 19.1 Å². The summed E-state index contributed by atoms with van der Waals surface area (Å²) in [4.78, 5) is 21.6. The monoisotopic (exact) mass is 300 g/mol. The van der Waals surface area contributed by atoms with Crippen LogP contribution in [0.2, 0.25) is 0 Å². The van der Waals surface area contributed by atoms with Gasteiger partial charge in [0.2, 0.25) is 0 Å². The molecule has 0 saturated heterocycles. The van der Waals surface area contributed by atoms with Crippen LogP contribution in [0.4, 0.5) is 0 Å². The molecular formula is C15H28N2O4. The van der Waals surface area contributed by atoms with Crippen LogP contribution in [0.3, 0.4) is 0 Å². The van der Waals surface area contributed by atoms with Gasteiger partial charge in [-0.15, -0.1) is 0 Å². The molecule has 0 aliphatic heterocycles. The molecule has 6 heteroatoms. The van der Waals surface area contributed by atoms with Gasteiger partial charge in [0.25, 0.3) is 0 Å². The average Bonchev–Trinajstić information content (AvgIpc) is 2.44. The highest BCUT2D eigenvalue weighted by Gasteiger charge is 2.07. The van der Waals surface area contributed by atoms with E-state index in [1.165, 1.54) is 13.3 Å². The van der Waals surface area contributed by atoms with E-state index >= 15 is 0 Å². The highest BCUT2D eigenvalue weighted by atomic mass is 16.6. The van der Waals surface area contributed by atoms with Gasteiger partial charge in [0.1, 0.15) is 0 Å². The molecule has 0 aromatic carbocycles. The van der Waals surface area contributed by atoms with Crippen LogP contribution in [-0.4, -0.2) is 31.8 Å². The van der Waals surface area contributed by atoms with E-state index in [-0.39, 0.29) is 18.2 Å². The molecule has 1 unspecified atom stereocenters. The van der Waals surface area contributed by atoms with E-state index in [2.05, 4.69) is 16.6 Å². The van der Waals surface area contributed by atoms with Crippen molar-refractivity contribution in [3.05, 3.63) is 23.9 Å². The molecule has 0 radical (unpaired) electrons. The van der Waals surface area contributed by atoms with E-state index in [0.29, 0.717) is 17.6 Å². The minimum atomic E-state index is -0.349. The smallest absolute Gasteiger partial charge is 0.335 e. The lowest BCUT2D eigenvalue weighted by Crippen LogP contribution is -2.30. The number of rotatable bonds is 7. The molecule has 122 valence electrons. The highest BCUT2D eigenvalue weighted by Crippen LogP contribution is 2.03. The molecule has 0 aromatic rings. The largest absolute Gasteiger partial charge is 0.466 e. The zero-order valence-corrected chi connectivity index (χ0v) is 13.7. The number of ether oxygens (including phenoxy) is 2. The van der Waals surface area contributed by atoms with E-state index in [1.54, 1.807) is 13.8 Å². The van der Waals surface area contributed by atoms with Crippen molar-refractivity contribution in [1.82, 2.24) is 5.32 Å². The van der Waals surface area contributed by atoms with Gasteiger partial charge in [-0.05, 0) is 26.8 Å². The van der Waals surface area contributed by atoms with Crippen molar-refractivity contribution in [2.75, 3.05) is 13.7 Å². The lowest BCUT2D eigenvalue weighted by molar-refractivity contribution is -0.144. The number of carbonyl (C=O) groups excluding carboxylic acids is 2. The second-order valence-corrected chi connectivity index (χ2v) is 4.32. The number of hydrogen-bond donors (Lipinski definition) is 2. The van der Waals surface area contributed by atoms with Crippen LogP contribution in [0.5, 0.6) is 0 Å². The standard InChI is InChI=1S/C8H15NO2.C7H13NO2/c1-5-9-7(4)11-8(10)6(2)3;1-3-4-6(5-8)7(9)10-2/h7,9H,2,5H2,1,3-4H3;5H,3-4,8H2,1-2H3. The summed E-state index contributed by atoms with van der Waals surface area (Å²) in [6.07, 6.45) is 2.65.